The van der Waals surface area contributed by atoms with Crippen LogP contribution < -0.4 is 20.7 Å². The van der Waals surface area contributed by atoms with Gasteiger partial charge >= 0.3 is 0 Å². The minimum absolute atomic E-state index is 0.127. The van der Waals surface area contributed by atoms with Gasteiger partial charge < -0.3 is 20.7 Å². The third kappa shape index (κ3) is 5.32. The number of aromatic nitrogens is 2. The summed E-state index contributed by atoms with van der Waals surface area (Å²) in [7, 11) is 0. The Kier molecular flexibility index (Phi) is 7.34. The highest BCUT2D eigenvalue weighted by atomic mass is 16.5. The van der Waals surface area contributed by atoms with Crippen molar-refractivity contribution in [1.82, 2.24) is 15.3 Å². The molecular formula is C26H35N5O3. The summed E-state index contributed by atoms with van der Waals surface area (Å²) >= 11 is 0. The van der Waals surface area contributed by atoms with Gasteiger partial charge in [-0.2, -0.15) is 0 Å². The average Bonchev–Trinajstić information content (AvgIpc) is 2.99. The average molecular weight is 466 g/mol. The lowest BCUT2D eigenvalue weighted by Crippen LogP contribution is -2.37. The van der Waals surface area contributed by atoms with Gasteiger partial charge in [0.1, 0.15) is 24.3 Å². The van der Waals surface area contributed by atoms with Gasteiger partial charge in [0.25, 0.3) is 5.91 Å². The van der Waals surface area contributed by atoms with Crippen molar-refractivity contribution in [2.45, 2.75) is 64.8 Å². The Morgan fingerprint density at radius 2 is 1.85 bits per heavy atom. The Morgan fingerprint density at radius 1 is 1.15 bits per heavy atom. The summed E-state index contributed by atoms with van der Waals surface area (Å²) in [5.74, 6) is 1.67. The van der Waals surface area contributed by atoms with E-state index in [1.165, 1.54) is 11.9 Å². The van der Waals surface area contributed by atoms with E-state index in [1.54, 1.807) is 4.90 Å². The van der Waals surface area contributed by atoms with Gasteiger partial charge in [0.2, 0.25) is 11.8 Å². The second-order valence-corrected chi connectivity index (χ2v) is 9.86. The van der Waals surface area contributed by atoms with Gasteiger partial charge in [0.05, 0.1) is 6.54 Å². The van der Waals surface area contributed by atoms with E-state index in [-0.39, 0.29) is 35.1 Å². The number of nitrogens with zero attached hydrogens (tertiary/aromatic N) is 3. The zero-order valence-corrected chi connectivity index (χ0v) is 20.3. The lowest BCUT2D eigenvalue weighted by molar-refractivity contribution is -0.123. The third-order valence-corrected chi connectivity index (χ3v) is 7.24. The smallest absolute Gasteiger partial charge is 0.267 e. The standard InChI is InChI=1S/C26H35N5O3/c1-16(2)17(3)30-22(32)14-18-4-6-19(7-5-18)20-8-10-21(11-9-20)31-12-13-34-25-23(26(31)33)24(27)28-15-29-25/h8-11,15-19H,4-7,12-14H2,1-3H3,(H,30,32)(H2,27,28,29). The monoisotopic (exact) mass is 465 g/mol. The van der Waals surface area contributed by atoms with Crippen molar-refractivity contribution in [1.29, 1.82) is 0 Å². The van der Waals surface area contributed by atoms with Crippen molar-refractivity contribution in [3.05, 3.63) is 41.7 Å². The van der Waals surface area contributed by atoms with Crippen LogP contribution in [0.5, 0.6) is 5.88 Å². The van der Waals surface area contributed by atoms with Crippen LogP contribution in [-0.2, 0) is 4.79 Å². The predicted octanol–water partition coefficient (Wildman–Crippen LogP) is 3.92. The van der Waals surface area contributed by atoms with Gasteiger partial charge in [-0.25, -0.2) is 9.97 Å². The molecule has 3 N–H and O–H groups in total. The van der Waals surface area contributed by atoms with E-state index >= 15 is 0 Å². The molecule has 1 fully saturated rings. The third-order valence-electron chi connectivity index (χ3n) is 7.24. The van der Waals surface area contributed by atoms with E-state index in [1.807, 2.05) is 12.1 Å². The number of hydrogen-bond donors (Lipinski definition) is 2. The zero-order chi connectivity index (χ0) is 24.2. The van der Waals surface area contributed by atoms with Crippen LogP contribution in [0.4, 0.5) is 11.5 Å². The molecule has 2 aliphatic rings. The molecule has 0 radical (unpaired) electrons. The first-order valence-corrected chi connectivity index (χ1v) is 12.3. The molecule has 2 heterocycles. The Hall–Kier alpha value is -3.16. The molecule has 8 heteroatoms. The van der Waals surface area contributed by atoms with E-state index < -0.39 is 0 Å². The number of ether oxygens (including phenoxy) is 1. The van der Waals surface area contributed by atoms with Gasteiger partial charge in [-0.05, 0) is 68.1 Å². The van der Waals surface area contributed by atoms with Gasteiger partial charge in [-0.3, -0.25) is 9.59 Å². The molecule has 34 heavy (non-hydrogen) atoms. The number of fused-ring (bicyclic) bond motifs is 1. The van der Waals surface area contributed by atoms with Crippen LogP contribution in [0.1, 0.15) is 74.7 Å². The molecule has 1 unspecified atom stereocenters. The zero-order valence-electron chi connectivity index (χ0n) is 20.3. The molecule has 1 aliphatic heterocycles. The number of anilines is 2. The first-order chi connectivity index (χ1) is 16.3. The van der Waals surface area contributed by atoms with Crippen LogP contribution in [0.15, 0.2) is 30.6 Å². The van der Waals surface area contributed by atoms with Crippen LogP contribution in [0.2, 0.25) is 0 Å². The van der Waals surface area contributed by atoms with E-state index in [2.05, 4.69) is 48.2 Å². The number of hydrogen-bond acceptors (Lipinski definition) is 6. The van der Waals surface area contributed by atoms with Crippen LogP contribution >= 0.6 is 0 Å². The van der Waals surface area contributed by atoms with Crippen LogP contribution in [0.25, 0.3) is 0 Å². The van der Waals surface area contributed by atoms with Gasteiger partial charge in [0, 0.05) is 18.2 Å². The quantitative estimate of drug-likeness (QED) is 0.669. The fourth-order valence-electron chi connectivity index (χ4n) is 4.78. The summed E-state index contributed by atoms with van der Waals surface area (Å²) in [4.78, 5) is 35.1. The highest BCUT2D eigenvalue weighted by molar-refractivity contribution is 6.10. The van der Waals surface area contributed by atoms with E-state index in [9.17, 15) is 9.59 Å². The number of carbonyl (C=O) groups excluding carboxylic acids is 2. The highest BCUT2D eigenvalue weighted by Crippen LogP contribution is 2.38. The van der Waals surface area contributed by atoms with Crippen LogP contribution in [0, 0.1) is 11.8 Å². The molecule has 182 valence electrons. The molecule has 1 aromatic heterocycles. The molecule has 0 spiro atoms. The largest absolute Gasteiger partial charge is 0.475 e. The highest BCUT2D eigenvalue weighted by Gasteiger charge is 2.29. The Morgan fingerprint density at radius 3 is 2.53 bits per heavy atom. The van der Waals surface area contributed by atoms with Gasteiger partial charge in [-0.15, -0.1) is 0 Å². The van der Waals surface area contributed by atoms with Crippen molar-refractivity contribution < 1.29 is 14.3 Å². The number of benzene rings is 1. The fraction of sp³-hybridized carbons (Fsp3) is 0.538. The summed E-state index contributed by atoms with van der Waals surface area (Å²) in [6.07, 6.45) is 6.21. The molecule has 0 bridgehead atoms. The molecule has 1 atom stereocenters. The molecule has 2 aromatic rings. The van der Waals surface area contributed by atoms with E-state index in [0.717, 1.165) is 31.4 Å². The first-order valence-electron chi connectivity index (χ1n) is 12.3. The number of amides is 2. The summed E-state index contributed by atoms with van der Waals surface area (Å²) in [6, 6.07) is 8.42. The van der Waals surface area contributed by atoms with Gasteiger partial charge in [0.15, 0.2) is 0 Å². The maximum Gasteiger partial charge on any atom is 0.267 e. The molecular weight excluding hydrogens is 430 g/mol. The molecule has 0 saturated heterocycles. The molecule has 1 saturated carbocycles. The van der Waals surface area contributed by atoms with Crippen molar-refractivity contribution in [2.75, 3.05) is 23.8 Å². The summed E-state index contributed by atoms with van der Waals surface area (Å²) < 4.78 is 5.62. The molecule has 1 aliphatic carbocycles. The van der Waals surface area contributed by atoms with E-state index in [4.69, 9.17) is 10.5 Å². The number of nitrogens with one attached hydrogen (secondary N) is 1. The van der Waals surface area contributed by atoms with Crippen molar-refractivity contribution in [2.24, 2.45) is 11.8 Å². The number of carbonyl (C=O) groups is 2. The minimum Gasteiger partial charge on any atom is -0.475 e. The number of rotatable bonds is 6. The van der Waals surface area contributed by atoms with Crippen molar-refractivity contribution in [3.63, 3.8) is 0 Å². The second-order valence-electron chi connectivity index (χ2n) is 9.86. The SMILES string of the molecule is CC(C)C(C)NC(=O)CC1CCC(c2ccc(N3CCOc4ncnc(N)c4C3=O)cc2)CC1. The number of nitrogen functional groups attached to an aromatic ring is 1. The summed E-state index contributed by atoms with van der Waals surface area (Å²) in [6.45, 7) is 7.07. The number of nitrogens with two attached hydrogens (primary N) is 1. The molecule has 4 rings (SSSR count). The molecule has 8 nitrogen and oxygen atoms in total. The summed E-state index contributed by atoms with van der Waals surface area (Å²) in [5.41, 5.74) is 8.24. The lowest BCUT2D eigenvalue weighted by atomic mass is 9.77. The minimum atomic E-state index is -0.246. The molecule has 2 amide bonds. The second kappa shape index (κ2) is 10.4. The Balaban J connectivity index is 1.35. The molecule has 1 aromatic carbocycles. The van der Waals surface area contributed by atoms with Crippen molar-refractivity contribution in [3.8, 4) is 5.88 Å². The predicted molar refractivity (Wildman–Crippen MR) is 132 cm³/mol. The van der Waals surface area contributed by atoms with Crippen molar-refractivity contribution >= 4 is 23.3 Å². The normalized spacial score (nSPS) is 21.4. The van der Waals surface area contributed by atoms with Crippen LogP contribution in [0.3, 0.4) is 0 Å². The topological polar surface area (TPSA) is 110 Å². The Labute approximate surface area is 201 Å². The van der Waals surface area contributed by atoms with Gasteiger partial charge in [-0.1, -0.05) is 26.0 Å². The lowest BCUT2D eigenvalue weighted by Gasteiger charge is -2.29. The fourth-order valence-corrected chi connectivity index (χ4v) is 4.78. The van der Waals surface area contributed by atoms with E-state index in [0.29, 0.717) is 37.3 Å². The van der Waals surface area contributed by atoms with Crippen LogP contribution in [-0.4, -0.2) is 41.0 Å². The summed E-state index contributed by atoms with van der Waals surface area (Å²) in [5, 5.41) is 3.13. The Bertz CT molecular complexity index is 1020. The first kappa shape index (κ1) is 24.0. The maximum atomic E-state index is 13.1. The maximum absolute atomic E-state index is 13.1.